The summed E-state index contributed by atoms with van der Waals surface area (Å²) in [5, 5.41) is 3.46. The van der Waals surface area contributed by atoms with Crippen LogP contribution in [-0.2, 0) is 4.74 Å². The molecule has 1 heterocycles. The SMILES string of the molecule is CC1CC2(CCC(CNC(C)C)O2)C1. The first-order valence-corrected chi connectivity index (χ1v) is 6.01. The van der Waals surface area contributed by atoms with Crippen molar-refractivity contribution in [3.63, 3.8) is 0 Å². The van der Waals surface area contributed by atoms with Crippen LogP contribution in [0.4, 0.5) is 0 Å². The van der Waals surface area contributed by atoms with E-state index in [0.717, 1.165) is 12.5 Å². The summed E-state index contributed by atoms with van der Waals surface area (Å²) in [7, 11) is 0. The standard InChI is InChI=1S/C12H23NO/c1-9(2)13-8-11-4-5-12(14-11)6-10(3)7-12/h9-11,13H,4-8H2,1-3H3. The highest BCUT2D eigenvalue weighted by Crippen LogP contribution is 2.48. The molecule has 1 aliphatic carbocycles. The Hall–Kier alpha value is -0.0800. The summed E-state index contributed by atoms with van der Waals surface area (Å²) in [5.74, 6) is 0.895. The first kappa shape index (κ1) is 10.4. The van der Waals surface area contributed by atoms with Gasteiger partial charge in [0.15, 0.2) is 0 Å². The van der Waals surface area contributed by atoms with Crippen LogP contribution < -0.4 is 5.32 Å². The quantitative estimate of drug-likeness (QED) is 0.750. The number of hydrogen-bond acceptors (Lipinski definition) is 2. The maximum absolute atomic E-state index is 6.14. The Morgan fingerprint density at radius 1 is 1.43 bits per heavy atom. The second kappa shape index (κ2) is 3.82. The molecule has 1 aliphatic heterocycles. The van der Waals surface area contributed by atoms with Gasteiger partial charge in [-0.15, -0.1) is 0 Å². The Morgan fingerprint density at radius 3 is 2.71 bits per heavy atom. The first-order valence-electron chi connectivity index (χ1n) is 6.01. The molecular formula is C12H23NO. The van der Waals surface area contributed by atoms with Gasteiger partial charge >= 0.3 is 0 Å². The summed E-state index contributed by atoms with van der Waals surface area (Å²) < 4.78 is 6.14. The molecule has 1 atom stereocenters. The molecular weight excluding hydrogens is 174 g/mol. The fourth-order valence-corrected chi connectivity index (χ4v) is 2.92. The summed E-state index contributed by atoms with van der Waals surface area (Å²) in [4.78, 5) is 0. The van der Waals surface area contributed by atoms with E-state index in [-0.39, 0.29) is 0 Å². The molecule has 1 spiro atoms. The number of ether oxygens (including phenoxy) is 1. The normalized spacial score (nSPS) is 42.0. The van der Waals surface area contributed by atoms with Crippen LogP contribution in [0.1, 0.15) is 46.5 Å². The average molecular weight is 197 g/mol. The minimum Gasteiger partial charge on any atom is -0.370 e. The van der Waals surface area contributed by atoms with Crippen molar-refractivity contribution < 1.29 is 4.74 Å². The molecule has 2 rings (SSSR count). The molecule has 1 N–H and O–H groups in total. The largest absolute Gasteiger partial charge is 0.370 e. The van der Waals surface area contributed by atoms with E-state index in [1.54, 1.807) is 0 Å². The fraction of sp³-hybridized carbons (Fsp3) is 1.00. The van der Waals surface area contributed by atoms with Gasteiger partial charge in [-0.25, -0.2) is 0 Å². The Labute approximate surface area is 87.4 Å². The lowest BCUT2D eigenvalue weighted by Crippen LogP contribution is -2.43. The van der Waals surface area contributed by atoms with Gasteiger partial charge in [0.25, 0.3) is 0 Å². The second-order valence-electron chi connectivity index (χ2n) is 5.54. The number of rotatable bonds is 3. The molecule has 0 bridgehead atoms. The molecule has 1 unspecified atom stereocenters. The molecule has 14 heavy (non-hydrogen) atoms. The Balaban J connectivity index is 1.73. The predicted octanol–water partition coefficient (Wildman–Crippen LogP) is 2.33. The van der Waals surface area contributed by atoms with Crippen molar-refractivity contribution in [1.29, 1.82) is 0 Å². The van der Waals surface area contributed by atoms with Crippen LogP contribution in [0.2, 0.25) is 0 Å². The van der Waals surface area contributed by atoms with Crippen molar-refractivity contribution >= 4 is 0 Å². The van der Waals surface area contributed by atoms with Gasteiger partial charge in [-0.05, 0) is 31.6 Å². The first-order chi connectivity index (χ1) is 6.60. The summed E-state index contributed by atoms with van der Waals surface area (Å²) in [6.45, 7) is 7.74. The van der Waals surface area contributed by atoms with E-state index in [1.807, 2.05) is 0 Å². The van der Waals surface area contributed by atoms with E-state index in [9.17, 15) is 0 Å². The van der Waals surface area contributed by atoms with Gasteiger partial charge < -0.3 is 10.1 Å². The Kier molecular flexibility index (Phi) is 2.85. The van der Waals surface area contributed by atoms with E-state index in [1.165, 1.54) is 25.7 Å². The van der Waals surface area contributed by atoms with Crippen molar-refractivity contribution in [2.24, 2.45) is 5.92 Å². The molecule has 0 amide bonds. The molecule has 0 radical (unpaired) electrons. The van der Waals surface area contributed by atoms with Gasteiger partial charge in [0, 0.05) is 12.6 Å². The highest BCUT2D eigenvalue weighted by Gasteiger charge is 2.48. The molecule has 2 aliphatic rings. The third-order valence-corrected chi connectivity index (χ3v) is 3.53. The topological polar surface area (TPSA) is 21.3 Å². The van der Waals surface area contributed by atoms with Gasteiger partial charge in [0.2, 0.25) is 0 Å². The van der Waals surface area contributed by atoms with Gasteiger partial charge in [0.05, 0.1) is 11.7 Å². The molecule has 2 fully saturated rings. The van der Waals surface area contributed by atoms with Crippen LogP contribution in [0.5, 0.6) is 0 Å². The van der Waals surface area contributed by atoms with Crippen molar-refractivity contribution in [1.82, 2.24) is 5.32 Å². The summed E-state index contributed by atoms with van der Waals surface area (Å²) >= 11 is 0. The van der Waals surface area contributed by atoms with Gasteiger partial charge in [-0.3, -0.25) is 0 Å². The fourth-order valence-electron chi connectivity index (χ4n) is 2.92. The minimum atomic E-state index is 0.308. The monoisotopic (exact) mass is 197 g/mol. The minimum absolute atomic E-state index is 0.308. The van der Waals surface area contributed by atoms with E-state index in [4.69, 9.17) is 4.74 Å². The zero-order valence-corrected chi connectivity index (χ0v) is 9.68. The second-order valence-corrected chi connectivity index (χ2v) is 5.54. The zero-order chi connectivity index (χ0) is 10.2. The smallest absolute Gasteiger partial charge is 0.0708 e. The van der Waals surface area contributed by atoms with E-state index < -0.39 is 0 Å². The third-order valence-electron chi connectivity index (χ3n) is 3.53. The zero-order valence-electron chi connectivity index (χ0n) is 9.68. The summed E-state index contributed by atoms with van der Waals surface area (Å²) in [6.07, 6.45) is 5.62. The number of nitrogens with one attached hydrogen (secondary N) is 1. The van der Waals surface area contributed by atoms with Crippen molar-refractivity contribution in [2.45, 2.75) is 64.2 Å². The van der Waals surface area contributed by atoms with Crippen LogP contribution in [0.3, 0.4) is 0 Å². The van der Waals surface area contributed by atoms with Crippen LogP contribution >= 0.6 is 0 Å². The molecule has 0 aromatic rings. The summed E-state index contributed by atoms with van der Waals surface area (Å²) in [6, 6.07) is 0.579. The molecule has 0 aromatic heterocycles. The summed E-state index contributed by atoms with van der Waals surface area (Å²) in [5.41, 5.74) is 0.308. The van der Waals surface area contributed by atoms with E-state index in [0.29, 0.717) is 17.7 Å². The highest BCUT2D eigenvalue weighted by molar-refractivity contribution is 4.99. The molecule has 1 saturated heterocycles. The molecule has 1 saturated carbocycles. The molecule has 82 valence electrons. The van der Waals surface area contributed by atoms with Crippen LogP contribution in [0, 0.1) is 5.92 Å². The number of hydrogen-bond donors (Lipinski definition) is 1. The lowest BCUT2D eigenvalue weighted by molar-refractivity contribution is -0.114. The maximum atomic E-state index is 6.14. The average Bonchev–Trinajstić information content (AvgIpc) is 2.45. The Bertz CT molecular complexity index is 196. The lowest BCUT2D eigenvalue weighted by atomic mass is 9.70. The molecule has 0 aromatic carbocycles. The van der Waals surface area contributed by atoms with Crippen LogP contribution in [0.25, 0.3) is 0 Å². The van der Waals surface area contributed by atoms with Crippen LogP contribution in [-0.4, -0.2) is 24.3 Å². The van der Waals surface area contributed by atoms with Crippen molar-refractivity contribution in [3.05, 3.63) is 0 Å². The highest BCUT2D eigenvalue weighted by atomic mass is 16.5. The molecule has 2 heteroatoms. The van der Waals surface area contributed by atoms with Crippen molar-refractivity contribution in [2.75, 3.05) is 6.54 Å². The third kappa shape index (κ3) is 2.12. The van der Waals surface area contributed by atoms with E-state index in [2.05, 4.69) is 26.1 Å². The maximum Gasteiger partial charge on any atom is 0.0708 e. The molecule has 2 nitrogen and oxygen atoms in total. The van der Waals surface area contributed by atoms with E-state index >= 15 is 0 Å². The Morgan fingerprint density at radius 2 is 2.14 bits per heavy atom. The van der Waals surface area contributed by atoms with Gasteiger partial charge in [0.1, 0.15) is 0 Å². The predicted molar refractivity (Wildman–Crippen MR) is 58.4 cm³/mol. The van der Waals surface area contributed by atoms with Gasteiger partial charge in [-0.2, -0.15) is 0 Å². The van der Waals surface area contributed by atoms with Crippen molar-refractivity contribution in [3.8, 4) is 0 Å². The van der Waals surface area contributed by atoms with Crippen LogP contribution in [0.15, 0.2) is 0 Å². The van der Waals surface area contributed by atoms with Gasteiger partial charge in [-0.1, -0.05) is 20.8 Å². The lowest BCUT2D eigenvalue weighted by Gasteiger charge is -2.43.